The lowest BCUT2D eigenvalue weighted by Gasteiger charge is -2.24. The van der Waals surface area contributed by atoms with Gasteiger partial charge in [0.05, 0.1) is 19.1 Å². The fraction of sp³-hybridized carbons (Fsp3) is 0.343. The minimum absolute atomic E-state index is 0.0177. The first kappa shape index (κ1) is 36.1. The zero-order valence-electron chi connectivity index (χ0n) is 26.9. The van der Waals surface area contributed by atoms with Gasteiger partial charge in [-0.2, -0.15) is 0 Å². The van der Waals surface area contributed by atoms with E-state index in [1.165, 1.54) is 0 Å². The summed E-state index contributed by atoms with van der Waals surface area (Å²) in [5.74, 6) is -2.59. The van der Waals surface area contributed by atoms with Crippen molar-refractivity contribution in [2.45, 2.75) is 58.2 Å². The number of carboxylic acid groups (broad SMARTS) is 2. The van der Waals surface area contributed by atoms with Gasteiger partial charge in [-0.1, -0.05) is 42.5 Å². The predicted molar refractivity (Wildman–Crippen MR) is 176 cm³/mol. The third kappa shape index (κ3) is 11.5. The molecule has 3 aromatic carbocycles. The van der Waals surface area contributed by atoms with E-state index in [1.807, 2.05) is 81.4 Å². The molecule has 1 aliphatic rings. The Hall–Kier alpha value is -5.39. The fourth-order valence-electron chi connectivity index (χ4n) is 4.84. The first-order valence-corrected chi connectivity index (χ1v) is 15.1. The summed E-state index contributed by atoms with van der Waals surface area (Å²) in [4.78, 5) is 46.1. The summed E-state index contributed by atoms with van der Waals surface area (Å²) in [6.07, 6.45) is 1.85. The zero-order valence-corrected chi connectivity index (χ0v) is 26.9. The molecule has 0 bridgehead atoms. The van der Waals surface area contributed by atoms with Crippen molar-refractivity contribution in [1.82, 2.24) is 4.90 Å². The zero-order chi connectivity index (χ0) is 34.7. The minimum Gasteiger partial charge on any atom is -0.489 e. The Labute approximate surface area is 273 Å². The molecule has 2 atom stereocenters. The molecule has 0 saturated carbocycles. The molecular weight excluding hydrogens is 606 g/mol. The number of hydrogen-bond donors (Lipinski definition) is 4. The van der Waals surface area contributed by atoms with Gasteiger partial charge in [0.25, 0.3) is 0 Å². The van der Waals surface area contributed by atoms with Gasteiger partial charge in [0.2, 0.25) is 0 Å². The Bertz CT molecular complexity index is 1610. The lowest BCUT2D eigenvalue weighted by molar-refractivity contribution is -0.145. The number of nitrogens with two attached hydrogens (primary N) is 1. The van der Waals surface area contributed by atoms with Crippen molar-refractivity contribution in [3.05, 3.63) is 89.5 Å². The van der Waals surface area contributed by atoms with E-state index in [1.54, 1.807) is 11.8 Å². The molecule has 1 fully saturated rings. The quantitative estimate of drug-likeness (QED) is 0.0995. The maximum Gasteiger partial charge on any atom is 0.410 e. The Morgan fingerprint density at radius 2 is 1.62 bits per heavy atom. The molecule has 250 valence electrons. The molecule has 1 saturated heterocycles. The number of rotatable bonds is 10. The third-order valence-corrected chi connectivity index (χ3v) is 6.98. The van der Waals surface area contributed by atoms with Crippen LogP contribution in [-0.4, -0.2) is 76.4 Å². The molecule has 0 radical (unpaired) electrons. The van der Waals surface area contributed by atoms with E-state index >= 15 is 0 Å². The summed E-state index contributed by atoms with van der Waals surface area (Å²) in [7, 11) is 0. The summed E-state index contributed by atoms with van der Waals surface area (Å²) in [5.41, 5.74) is 7.61. The van der Waals surface area contributed by atoms with E-state index in [0.717, 1.165) is 28.3 Å². The lowest BCUT2D eigenvalue weighted by atomic mass is 9.91. The van der Waals surface area contributed by atoms with Crippen LogP contribution in [0.4, 0.5) is 4.79 Å². The summed E-state index contributed by atoms with van der Waals surface area (Å²) in [6.45, 7) is 8.70. The summed E-state index contributed by atoms with van der Waals surface area (Å²) in [5, 5.41) is 25.3. The van der Waals surface area contributed by atoms with Gasteiger partial charge in [-0.25, -0.2) is 14.4 Å². The standard InChI is InChI=1S/C31H37N3O5.C4H4O4/c1-5-37-29(35)27(17-20-6-7-21-8-9-23(28(32)33)18-24(21)16-20)22-10-12-25(13-11-22)38-26-14-15-34(19-26)30(36)39-31(2,3)4;5-3(6)1-2-4(7)8/h6-13,16,18,26-27H,5,14-15,17,19H2,1-4H3,(H3,32,33);1-2H,(H,5,6)(H,7,8)/b;2-1-/t26-,27-;/m0./s1. The predicted octanol–water partition coefficient (Wildman–Crippen LogP) is 5.11. The number of likely N-dealkylation sites (tertiary alicyclic amines) is 1. The number of carboxylic acids is 2. The molecule has 12 nitrogen and oxygen atoms in total. The molecule has 0 spiro atoms. The van der Waals surface area contributed by atoms with Crippen molar-refractivity contribution in [2.75, 3.05) is 19.7 Å². The highest BCUT2D eigenvalue weighted by molar-refractivity contribution is 5.99. The van der Waals surface area contributed by atoms with Crippen LogP contribution in [0, 0.1) is 5.41 Å². The van der Waals surface area contributed by atoms with Gasteiger partial charge >= 0.3 is 24.0 Å². The number of amides is 1. The SMILES string of the molecule is CCOC(=O)[C@@H](Cc1ccc2ccc(C(=N)N)cc2c1)c1ccc(O[C@H]2CCN(C(=O)OC(C)(C)C)C2)cc1.O=C(O)/C=C\C(=O)O. The number of carbonyl (C=O) groups excluding carboxylic acids is 2. The summed E-state index contributed by atoms with van der Waals surface area (Å²) >= 11 is 0. The van der Waals surface area contributed by atoms with Crippen LogP contribution in [0.5, 0.6) is 5.75 Å². The molecule has 1 heterocycles. The van der Waals surface area contributed by atoms with Crippen molar-refractivity contribution in [1.29, 1.82) is 5.41 Å². The smallest absolute Gasteiger partial charge is 0.410 e. The molecule has 1 aliphatic heterocycles. The van der Waals surface area contributed by atoms with Crippen molar-refractivity contribution < 1.29 is 43.6 Å². The second-order valence-electron chi connectivity index (χ2n) is 11.9. The number of fused-ring (bicyclic) bond motifs is 1. The van der Waals surface area contributed by atoms with Crippen LogP contribution < -0.4 is 10.5 Å². The van der Waals surface area contributed by atoms with Crippen molar-refractivity contribution in [3.63, 3.8) is 0 Å². The van der Waals surface area contributed by atoms with Gasteiger partial charge < -0.3 is 35.1 Å². The van der Waals surface area contributed by atoms with Crippen LogP contribution in [-0.2, 0) is 30.3 Å². The van der Waals surface area contributed by atoms with E-state index in [0.29, 0.717) is 49.6 Å². The van der Waals surface area contributed by atoms with Crippen molar-refractivity contribution in [3.8, 4) is 5.75 Å². The molecule has 0 aromatic heterocycles. The monoisotopic (exact) mass is 647 g/mol. The van der Waals surface area contributed by atoms with Crippen LogP contribution in [0.2, 0.25) is 0 Å². The second-order valence-corrected chi connectivity index (χ2v) is 11.9. The topological polar surface area (TPSA) is 190 Å². The number of amidine groups is 1. The third-order valence-electron chi connectivity index (χ3n) is 6.98. The molecule has 0 aliphatic carbocycles. The number of hydrogen-bond acceptors (Lipinski definition) is 8. The van der Waals surface area contributed by atoms with Gasteiger partial charge in [0, 0.05) is 30.7 Å². The average molecular weight is 648 g/mol. The van der Waals surface area contributed by atoms with Crippen LogP contribution in [0.1, 0.15) is 56.7 Å². The molecule has 4 rings (SSSR count). The van der Waals surface area contributed by atoms with Crippen molar-refractivity contribution >= 4 is 40.6 Å². The summed E-state index contributed by atoms with van der Waals surface area (Å²) < 4.78 is 17.0. The van der Waals surface area contributed by atoms with Gasteiger partial charge in [-0.05, 0) is 74.2 Å². The number of nitrogen functional groups attached to an aromatic ring is 1. The van der Waals surface area contributed by atoms with Crippen LogP contribution >= 0.6 is 0 Å². The summed E-state index contributed by atoms with van der Waals surface area (Å²) in [6, 6.07) is 19.2. The normalized spacial score (nSPS) is 15.0. The Morgan fingerprint density at radius 1 is 0.979 bits per heavy atom. The first-order chi connectivity index (χ1) is 22.1. The van der Waals surface area contributed by atoms with E-state index in [9.17, 15) is 19.2 Å². The van der Waals surface area contributed by atoms with E-state index in [-0.39, 0.29) is 24.0 Å². The second kappa shape index (κ2) is 16.3. The van der Waals surface area contributed by atoms with Gasteiger partial charge in [-0.15, -0.1) is 0 Å². The average Bonchev–Trinajstić information content (AvgIpc) is 3.47. The molecule has 5 N–H and O–H groups in total. The Balaban J connectivity index is 0.000000665. The van der Waals surface area contributed by atoms with E-state index in [4.69, 9.17) is 35.6 Å². The minimum atomic E-state index is -1.26. The van der Waals surface area contributed by atoms with Gasteiger partial charge in [-0.3, -0.25) is 10.2 Å². The highest BCUT2D eigenvalue weighted by Gasteiger charge is 2.31. The molecule has 47 heavy (non-hydrogen) atoms. The number of esters is 1. The molecule has 0 unspecified atom stereocenters. The highest BCUT2D eigenvalue weighted by atomic mass is 16.6. The number of aliphatic carboxylic acids is 2. The lowest BCUT2D eigenvalue weighted by Crippen LogP contribution is -2.36. The number of nitrogens with one attached hydrogen (secondary N) is 1. The fourth-order valence-corrected chi connectivity index (χ4v) is 4.84. The highest BCUT2D eigenvalue weighted by Crippen LogP contribution is 2.28. The maximum atomic E-state index is 13.0. The molecular formula is C35H41N3O9. The largest absolute Gasteiger partial charge is 0.489 e. The Kier molecular flexibility index (Phi) is 12.5. The van der Waals surface area contributed by atoms with Crippen LogP contribution in [0.15, 0.2) is 72.8 Å². The van der Waals surface area contributed by atoms with E-state index in [2.05, 4.69) is 0 Å². The number of carbonyl (C=O) groups is 4. The van der Waals surface area contributed by atoms with Crippen molar-refractivity contribution in [2.24, 2.45) is 5.73 Å². The number of nitrogens with zero attached hydrogens (tertiary/aromatic N) is 1. The van der Waals surface area contributed by atoms with E-state index < -0.39 is 23.5 Å². The number of benzene rings is 3. The first-order valence-electron chi connectivity index (χ1n) is 15.1. The maximum absolute atomic E-state index is 13.0. The van der Waals surface area contributed by atoms with Gasteiger partial charge in [0.15, 0.2) is 0 Å². The van der Waals surface area contributed by atoms with Crippen LogP contribution in [0.25, 0.3) is 10.8 Å². The Morgan fingerprint density at radius 3 is 2.19 bits per heavy atom. The molecule has 1 amide bonds. The molecule has 3 aromatic rings. The van der Waals surface area contributed by atoms with Gasteiger partial charge in [0.1, 0.15) is 23.3 Å². The number of ether oxygens (including phenoxy) is 3. The van der Waals surface area contributed by atoms with Crippen LogP contribution in [0.3, 0.4) is 0 Å². The molecule has 12 heteroatoms.